The van der Waals surface area contributed by atoms with Gasteiger partial charge in [-0.15, -0.1) is 0 Å². The SMILES string of the molecule is COc1cccc(-n2[nH]c(C)cc2=O)n1. The summed E-state index contributed by atoms with van der Waals surface area (Å²) in [6, 6.07) is 6.76. The van der Waals surface area contributed by atoms with E-state index in [1.165, 1.54) is 17.9 Å². The van der Waals surface area contributed by atoms with Crippen LogP contribution < -0.4 is 10.3 Å². The Balaban J connectivity index is 2.53. The summed E-state index contributed by atoms with van der Waals surface area (Å²) in [4.78, 5) is 15.6. The average Bonchev–Trinajstić information content (AvgIpc) is 2.58. The van der Waals surface area contributed by atoms with Gasteiger partial charge in [-0.1, -0.05) is 6.07 Å². The average molecular weight is 205 g/mol. The number of rotatable bonds is 2. The van der Waals surface area contributed by atoms with Gasteiger partial charge in [-0.2, -0.15) is 4.98 Å². The maximum Gasteiger partial charge on any atom is 0.272 e. The smallest absolute Gasteiger partial charge is 0.272 e. The number of aryl methyl sites for hydroxylation is 1. The summed E-state index contributed by atoms with van der Waals surface area (Å²) in [6.45, 7) is 1.82. The highest BCUT2D eigenvalue weighted by atomic mass is 16.5. The first-order valence-corrected chi connectivity index (χ1v) is 4.51. The van der Waals surface area contributed by atoms with Crippen LogP contribution in [0, 0.1) is 6.92 Å². The van der Waals surface area contributed by atoms with Gasteiger partial charge in [0, 0.05) is 17.8 Å². The first-order chi connectivity index (χ1) is 7.20. The number of nitrogens with one attached hydrogen (secondary N) is 1. The van der Waals surface area contributed by atoms with Gasteiger partial charge in [0.05, 0.1) is 7.11 Å². The minimum atomic E-state index is -0.131. The molecule has 0 fully saturated rings. The van der Waals surface area contributed by atoms with Gasteiger partial charge in [0.1, 0.15) is 0 Å². The van der Waals surface area contributed by atoms with Crippen molar-refractivity contribution in [1.82, 2.24) is 14.8 Å². The molecule has 0 unspecified atom stereocenters. The van der Waals surface area contributed by atoms with Crippen LogP contribution in [0.4, 0.5) is 0 Å². The van der Waals surface area contributed by atoms with Gasteiger partial charge >= 0.3 is 0 Å². The molecule has 1 N–H and O–H groups in total. The molecule has 78 valence electrons. The standard InChI is InChI=1S/C10H11N3O2/c1-7-6-10(14)13(12-7)8-4-3-5-9(11-8)15-2/h3-6,12H,1-2H3. The van der Waals surface area contributed by atoms with E-state index in [0.717, 1.165) is 5.69 Å². The van der Waals surface area contributed by atoms with Crippen molar-refractivity contribution in [2.75, 3.05) is 7.11 Å². The van der Waals surface area contributed by atoms with Crippen LogP contribution >= 0.6 is 0 Å². The van der Waals surface area contributed by atoms with Crippen molar-refractivity contribution in [3.05, 3.63) is 40.3 Å². The summed E-state index contributed by atoms with van der Waals surface area (Å²) in [5, 5.41) is 2.90. The molecule has 2 rings (SSSR count). The molecule has 15 heavy (non-hydrogen) atoms. The number of methoxy groups -OCH3 is 1. The topological polar surface area (TPSA) is 59.9 Å². The van der Waals surface area contributed by atoms with E-state index >= 15 is 0 Å². The molecule has 5 nitrogen and oxygen atoms in total. The largest absolute Gasteiger partial charge is 0.481 e. The van der Waals surface area contributed by atoms with E-state index in [9.17, 15) is 4.79 Å². The second kappa shape index (κ2) is 3.61. The zero-order valence-electron chi connectivity index (χ0n) is 8.52. The van der Waals surface area contributed by atoms with Crippen molar-refractivity contribution in [3.63, 3.8) is 0 Å². The Kier molecular flexibility index (Phi) is 2.29. The number of aromatic nitrogens is 3. The van der Waals surface area contributed by atoms with Crippen molar-refractivity contribution in [2.24, 2.45) is 0 Å². The van der Waals surface area contributed by atoms with E-state index in [1.54, 1.807) is 18.2 Å². The molecule has 0 aliphatic carbocycles. The molecule has 0 aliphatic heterocycles. The van der Waals surface area contributed by atoms with Gasteiger partial charge in [-0.3, -0.25) is 9.89 Å². The van der Waals surface area contributed by atoms with Crippen LogP contribution in [0.2, 0.25) is 0 Å². The maximum absolute atomic E-state index is 11.5. The normalized spacial score (nSPS) is 10.3. The van der Waals surface area contributed by atoms with Gasteiger partial charge in [0.15, 0.2) is 5.82 Å². The monoisotopic (exact) mass is 205 g/mol. The number of H-pyrrole nitrogens is 1. The number of nitrogens with zero attached hydrogens (tertiary/aromatic N) is 2. The number of pyridine rings is 1. The Bertz CT molecular complexity index is 527. The van der Waals surface area contributed by atoms with Crippen molar-refractivity contribution < 1.29 is 4.74 Å². The zero-order valence-corrected chi connectivity index (χ0v) is 8.52. The van der Waals surface area contributed by atoms with E-state index in [-0.39, 0.29) is 5.56 Å². The fourth-order valence-electron chi connectivity index (χ4n) is 1.33. The lowest BCUT2D eigenvalue weighted by Crippen LogP contribution is -2.14. The molecule has 5 heteroatoms. The summed E-state index contributed by atoms with van der Waals surface area (Å²) < 4.78 is 6.36. The van der Waals surface area contributed by atoms with Crippen LogP contribution in [0.1, 0.15) is 5.69 Å². The third-order valence-electron chi connectivity index (χ3n) is 2.00. The van der Waals surface area contributed by atoms with Gasteiger partial charge in [0.25, 0.3) is 5.56 Å². The van der Waals surface area contributed by atoms with Crippen molar-refractivity contribution in [3.8, 4) is 11.7 Å². The predicted octanol–water partition coefficient (Wildman–Crippen LogP) is 0.878. The lowest BCUT2D eigenvalue weighted by molar-refractivity contribution is 0.397. The van der Waals surface area contributed by atoms with E-state index in [1.807, 2.05) is 6.92 Å². The third kappa shape index (κ3) is 1.76. The van der Waals surface area contributed by atoms with E-state index < -0.39 is 0 Å². The number of hydrogen-bond donors (Lipinski definition) is 1. The molecule has 0 aliphatic rings. The number of aromatic amines is 1. The fraction of sp³-hybridized carbons (Fsp3) is 0.200. The predicted molar refractivity (Wildman–Crippen MR) is 55.5 cm³/mol. The fourth-order valence-corrected chi connectivity index (χ4v) is 1.33. The first-order valence-electron chi connectivity index (χ1n) is 4.51. The molecule has 2 heterocycles. The molecule has 2 aromatic heterocycles. The highest BCUT2D eigenvalue weighted by Crippen LogP contribution is 2.08. The van der Waals surface area contributed by atoms with Crippen LogP contribution in [0.3, 0.4) is 0 Å². The Morgan fingerprint density at radius 1 is 1.47 bits per heavy atom. The Hall–Kier alpha value is -2.04. The minimum Gasteiger partial charge on any atom is -0.481 e. The highest BCUT2D eigenvalue weighted by Gasteiger charge is 2.04. The quantitative estimate of drug-likeness (QED) is 0.791. The summed E-state index contributed by atoms with van der Waals surface area (Å²) >= 11 is 0. The molecule has 0 saturated heterocycles. The van der Waals surface area contributed by atoms with Crippen molar-refractivity contribution in [2.45, 2.75) is 6.92 Å². The lowest BCUT2D eigenvalue weighted by atomic mass is 10.4. The third-order valence-corrected chi connectivity index (χ3v) is 2.00. The number of hydrogen-bond acceptors (Lipinski definition) is 3. The van der Waals surface area contributed by atoms with Crippen LogP contribution in [0.15, 0.2) is 29.1 Å². The zero-order chi connectivity index (χ0) is 10.8. The van der Waals surface area contributed by atoms with E-state index in [0.29, 0.717) is 11.7 Å². The van der Waals surface area contributed by atoms with E-state index in [2.05, 4.69) is 10.1 Å². The van der Waals surface area contributed by atoms with Crippen LogP contribution in [0.5, 0.6) is 5.88 Å². The van der Waals surface area contributed by atoms with Gasteiger partial charge in [-0.25, -0.2) is 4.68 Å². The summed E-state index contributed by atoms with van der Waals surface area (Å²) in [6.07, 6.45) is 0. The molecule has 0 aromatic carbocycles. The van der Waals surface area contributed by atoms with Crippen LogP contribution in [-0.2, 0) is 0 Å². The molecule has 2 aromatic rings. The van der Waals surface area contributed by atoms with Crippen molar-refractivity contribution in [1.29, 1.82) is 0 Å². The molecule has 0 spiro atoms. The molecule has 0 atom stereocenters. The lowest BCUT2D eigenvalue weighted by Gasteiger charge is -2.02. The Labute approximate surface area is 86.3 Å². The van der Waals surface area contributed by atoms with Gasteiger partial charge in [-0.05, 0) is 13.0 Å². The molecule has 0 saturated carbocycles. The van der Waals surface area contributed by atoms with E-state index in [4.69, 9.17) is 4.74 Å². The van der Waals surface area contributed by atoms with Crippen molar-refractivity contribution >= 4 is 0 Å². The highest BCUT2D eigenvalue weighted by molar-refractivity contribution is 5.26. The molecule has 0 amide bonds. The molecular weight excluding hydrogens is 194 g/mol. The van der Waals surface area contributed by atoms with Gasteiger partial charge in [0.2, 0.25) is 5.88 Å². The summed E-state index contributed by atoms with van der Waals surface area (Å²) in [7, 11) is 1.54. The second-order valence-electron chi connectivity index (χ2n) is 3.15. The molecule has 0 radical (unpaired) electrons. The Morgan fingerprint density at radius 3 is 2.87 bits per heavy atom. The van der Waals surface area contributed by atoms with Crippen LogP contribution in [0.25, 0.3) is 5.82 Å². The minimum absolute atomic E-state index is 0.131. The number of ether oxygens (including phenoxy) is 1. The van der Waals surface area contributed by atoms with Gasteiger partial charge < -0.3 is 4.74 Å². The maximum atomic E-state index is 11.5. The molecular formula is C10H11N3O2. The Morgan fingerprint density at radius 2 is 2.27 bits per heavy atom. The molecule has 0 bridgehead atoms. The summed E-state index contributed by atoms with van der Waals surface area (Å²) in [5.74, 6) is 0.999. The summed E-state index contributed by atoms with van der Waals surface area (Å²) in [5.41, 5.74) is 0.665. The first kappa shape index (κ1) is 9.51. The van der Waals surface area contributed by atoms with Crippen LogP contribution in [-0.4, -0.2) is 21.9 Å². The second-order valence-corrected chi connectivity index (χ2v) is 3.15.